The first kappa shape index (κ1) is 12.1. The van der Waals surface area contributed by atoms with Gasteiger partial charge in [-0.25, -0.2) is 8.78 Å². The molecule has 0 radical (unpaired) electrons. The molecular weight excluding hydrogens is 232 g/mol. The molecule has 1 nitrogen and oxygen atoms in total. The van der Waals surface area contributed by atoms with Gasteiger partial charge in [-0.2, -0.15) is 0 Å². The van der Waals surface area contributed by atoms with Crippen LogP contribution in [0.15, 0.2) is 18.2 Å². The van der Waals surface area contributed by atoms with Crippen LogP contribution in [-0.4, -0.2) is 6.04 Å². The Bertz CT molecular complexity index is 406. The molecule has 0 heterocycles. The summed E-state index contributed by atoms with van der Waals surface area (Å²) in [5.41, 5.74) is 0.707. The van der Waals surface area contributed by atoms with Crippen LogP contribution in [0.3, 0.4) is 0 Å². The second-order valence-corrected chi connectivity index (χ2v) is 5.79. The minimum atomic E-state index is -0.493. The van der Waals surface area contributed by atoms with Crippen molar-refractivity contribution in [3.63, 3.8) is 0 Å². The van der Waals surface area contributed by atoms with Gasteiger partial charge in [0.05, 0.1) is 0 Å². The molecule has 0 amide bonds. The molecule has 2 aliphatic rings. The molecule has 0 spiro atoms. The van der Waals surface area contributed by atoms with Crippen molar-refractivity contribution < 1.29 is 8.78 Å². The maximum Gasteiger partial charge on any atom is 0.126 e. The van der Waals surface area contributed by atoms with Gasteiger partial charge in [-0.1, -0.05) is 0 Å². The van der Waals surface area contributed by atoms with Crippen LogP contribution < -0.4 is 5.32 Å². The van der Waals surface area contributed by atoms with Gasteiger partial charge in [0.1, 0.15) is 11.6 Å². The predicted octanol–water partition coefficient (Wildman–Crippen LogP) is 3.80. The van der Waals surface area contributed by atoms with Gasteiger partial charge in [-0.3, -0.25) is 0 Å². The first-order chi connectivity index (χ1) is 8.63. The van der Waals surface area contributed by atoms with Crippen LogP contribution in [0, 0.1) is 23.5 Å². The summed E-state index contributed by atoms with van der Waals surface area (Å²) in [5.74, 6) is 0.595. The third-order valence-corrected chi connectivity index (χ3v) is 4.09. The number of rotatable bonds is 5. The molecule has 98 valence electrons. The van der Waals surface area contributed by atoms with E-state index in [2.05, 4.69) is 5.32 Å². The molecule has 1 aromatic rings. The Morgan fingerprint density at radius 2 is 1.50 bits per heavy atom. The zero-order chi connectivity index (χ0) is 12.7. The van der Waals surface area contributed by atoms with Gasteiger partial charge >= 0.3 is 0 Å². The topological polar surface area (TPSA) is 12.0 Å². The summed E-state index contributed by atoms with van der Waals surface area (Å²) >= 11 is 0. The fourth-order valence-corrected chi connectivity index (χ4v) is 2.78. The van der Waals surface area contributed by atoms with Crippen LogP contribution in [0.1, 0.15) is 44.2 Å². The van der Waals surface area contributed by atoms with E-state index in [1.807, 2.05) is 6.92 Å². The molecule has 2 saturated carbocycles. The minimum absolute atomic E-state index is 0.0152. The van der Waals surface area contributed by atoms with Gasteiger partial charge in [-0.05, 0) is 62.1 Å². The molecule has 0 aromatic heterocycles. The molecule has 0 bridgehead atoms. The quantitative estimate of drug-likeness (QED) is 0.839. The lowest BCUT2D eigenvalue weighted by atomic mass is 10.0. The second-order valence-electron chi connectivity index (χ2n) is 5.79. The Hall–Kier alpha value is -0.960. The van der Waals surface area contributed by atoms with Crippen molar-refractivity contribution in [3.8, 4) is 0 Å². The van der Waals surface area contributed by atoms with Crippen LogP contribution in [0.2, 0.25) is 0 Å². The maximum absolute atomic E-state index is 13.2. The van der Waals surface area contributed by atoms with Crippen LogP contribution in [-0.2, 0) is 0 Å². The van der Waals surface area contributed by atoms with E-state index >= 15 is 0 Å². The van der Waals surface area contributed by atoms with Gasteiger partial charge in [0.2, 0.25) is 0 Å². The van der Waals surface area contributed by atoms with Crippen molar-refractivity contribution in [2.24, 2.45) is 11.8 Å². The monoisotopic (exact) mass is 251 g/mol. The zero-order valence-electron chi connectivity index (χ0n) is 10.6. The van der Waals surface area contributed by atoms with Crippen molar-refractivity contribution in [3.05, 3.63) is 35.4 Å². The number of nitrogens with one attached hydrogen (secondary N) is 1. The highest BCUT2D eigenvalue weighted by molar-refractivity contribution is 5.21. The molecule has 2 aliphatic carbocycles. The molecule has 1 N–H and O–H groups in total. The van der Waals surface area contributed by atoms with Crippen LogP contribution in [0.25, 0.3) is 0 Å². The van der Waals surface area contributed by atoms with E-state index in [-0.39, 0.29) is 6.04 Å². The van der Waals surface area contributed by atoms with Crippen molar-refractivity contribution in [1.82, 2.24) is 5.32 Å². The molecule has 18 heavy (non-hydrogen) atoms. The fourth-order valence-electron chi connectivity index (χ4n) is 2.78. The van der Waals surface area contributed by atoms with Crippen LogP contribution in [0.4, 0.5) is 8.78 Å². The Morgan fingerprint density at radius 1 is 1.00 bits per heavy atom. The minimum Gasteiger partial charge on any atom is -0.307 e. The average molecular weight is 251 g/mol. The van der Waals surface area contributed by atoms with Crippen molar-refractivity contribution in [2.75, 3.05) is 0 Å². The zero-order valence-corrected chi connectivity index (χ0v) is 10.6. The third kappa shape index (κ3) is 2.72. The highest BCUT2D eigenvalue weighted by Crippen LogP contribution is 2.45. The number of hydrogen-bond donors (Lipinski definition) is 1. The largest absolute Gasteiger partial charge is 0.307 e. The standard InChI is InChI=1S/C15H19F2N/c1-9(12-6-13(16)8-14(17)7-12)18-15(10-2-3-10)11-4-5-11/h6-11,15,18H,2-5H2,1H3. The molecule has 3 rings (SSSR count). The Balaban J connectivity index is 1.70. The maximum atomic E-state index is 13.2. The van der Waals surface area contributed by atoms with Gasteiger partial charge in [0, 0.05) is 18.2 Å². The smallest absolute Gasteiger partial charge is 0.126 e. The van der Waals surface area contributed by atoms with E-state index in [0.717, 1.165) is 17.9 Å². The summed E-state index contributed by atoms with van der Waals surface area (Å²) in [6.07, 6.45) is 5.22. The van der Waals surface area contributed by atoms with Crippen LogP contribution >= 0.6 is 0 Å². The third-order valence-electron chi connectivity index (χ3n) is 4.09. The van der Waals surface area contributed by atoms with Crippen molar-refractivity contribution in [2.45, 2.75) is 44.7 Å². The highest BCUT2D eigenvalue weighted by atomic mass is 19.1. The molecule has 2 fully saturated rings. The molecule has 0 aliphatic heterocycles. The lowest BCUT2D eigenvalue weighted by Crippen LogP contribution is -2.35. The normalized spacial score (nSPS) is 21.3. The van der Waals surface area contributed by atoms with Crippen molar-refractivity contribution >= 4 is 0 Å². The fraction of sp³-hybridized carbons (Fsp3) is 0.600. The number of halogens is 2. The highest BCUT2D eigenvalue weighted by Gasteiger charge is 2.41. The summed E-state index contributed by atoms with van der Waals surface area (Å²) in [5, 5.41) is 3.58. The number of benzene rings is 1. The Labute approximate surface area is 107 Å². The molecule has 3 heteroatoms. The van der Waals surface area contributed by atoms with E-state index < -0.39 is 11.6 Å². The van der Waals surface area contributed by atoms with Gasteiger partial charge in [0.25, 0.3) is 0 Å². The van der Waals surface area contributed by atoms with E-state index in [4.69, 9.17) is 0 Å². The SMILES string of the molecule is CC(NC(C1CC1)C1CC1)c1cc(F)cc(F)c1. The van der Waals surface area contributed by atoms with Crippen molar-refractivity contribution in [1.29, 1.82) is 0 Å². The van der Waals surface area contributed by atoms with Gasteiger partial charge in [-0.15, -0.1) is 0 Å². The summed E-state index contributed by atoms with van der Waals surface area (Å²) < 4.78 is 26.4. The first-order valence-electron chi connectivity index (χ1n) is 6.85. The molecular formula is C15H19F2N. The van der Waals surface area contributed by atoms with Crippen LogP contribution in [0.5, 0.6) is 0 Å². The van der Waals surface area contributed by atoms with E-state index in [1.165, 1.54) is 37.8 Å². The second kappa shape index (κ2) is 4.61. The van der Waals surface area contributed by atoms with E-state index in [1.54, 1.807) is 0 Å². The molecule has 1 atom stereocenters. The lowest BCUT2D eigenvalue weighted by Gasteiger charge is -2.23. The summed E-state index contributed by atoms with van der Waals surface area (Å²) in [6.45, 7) is 1.99. The van der Waals surface area contributed by atoms with E-state index in [9.17, 15) is 8.78 Å². The summed E-state index contributed by atoms with van der Waals surface area (Å²) in [6, 6.07) is 4.35. The van der Waals surface area contributed by atoms with Gasteiger partial charge in [0.15, 0.2) is 0 Å². The summed E-state index contributed by atoms with van der Waals surface area (Å²) in [7, 11) is 0. The summed E-state index contributed by atoms with van der Waals surface area (Å²) in [4.78, 5) is 0. The first-order valence-corrected chi connectivity index (χ1v) is 6.85. The van der Waals surface area contributed by atoms with E-state index in [0.29, 0.717) is 11.6 Å². The number of hydrogen-bond acceptors (Lipinski definition) is 1. The Morgan fingerprint density at radius 3 is 1.94 bits per heavy atom. The predicted molar refractivity (Wildman–Crippen MR) is 67.1 cm³/mol. The molecule has 1 unspecified atom stereocenters. The Kier molecular flexibility index (Phi) is 3.10. The average Bonchev–Trinajstić information content (AvgIpc) is 3.14. The van der Waals surface area contributed by atoms with Gasteiger partial charge < -0.3 is 5.32 Å². The molecule has 0 saturated heterocycles. The molecule has 1 aromatic carbocycles. The lowest BCUT2D eigenvalue weighted by molar-refractivity contribution is 0.376.